The van der Waals surface area contributed by atoms with Crippen LogP contribution >= 0.6 is 0 Å². The third kappa shape index (κ3) is 25.1. The Morgan fingerprint density at radius 1 is 0.452 bits per heavy atom. The summed E-state index contributed by atoms with van der Waals surface area (Å²) in [6.07, 6.45) is -7.72. The zero-order valence-corrected chi connectivity index (χ0v) is 28.3. The van der Waals surface area contributed by atoms with Crippen LogP contribution in [0.3, 0.4) is 0 Å². The van der Waals surface area contributed by atoms with E-state index >= 15 is 0 Å². The van der Waals surface area contributed by atoms with Gasteiger partial charge in [0.15, 0.2) is 5.60 Å². The number of carbonyl (C=O) groups excluding carboxylic acids is 6. The van der Waals surface area contributed by atoms with Crippen LogP contribution in [0.4, 0.5) is 0 Å². The van der Waals surface area contributed by atoms with Gasteiger partial charge in [0.05, 0.1) is 24.8 Å². The van der Waals surface area contributed by atoms with Crippen molar-refractivity contribution < 1.29 is 104 Å². The number of hydrogen-bond acceptors (Lipinski definition) is 18. The zero-order valence-electron chi connectivity index (χ0n) is 21.2. The second-order valence-corrected chi connectivity index (χ2v) is 7.31. The topological polar surface area (TPSA) is 413 Å². The van der Waals surface area contributed by atoms with E-state index in [1.807, 2.05) is 0 Å². The van der Waals surface area contributed by atoms with Crippen LogP contribution in [-0.4, -0.2) is 207 Å². The van der Waals surface area contributed by atoms with Crippen molar-refractivity contribution in [2.75, 3.05) is 0 Å². The van der Waals surface area contributed by atoms with Gasteiger partial charge in [0, 0.05) is 49.6 Å². The van der Waals surface area contributed by atoms with Gasteiger partial charge < -0.3 is 90.0 Å². The molecule has 24 heteroatoms. The van der Waals surface area contributed by atoms with Crippen molar-refractivity contribution in [3.63, 3.8) is 0 Å². The molecule has 0 heterocycles. The molecule has 0 bridgehead atoms. The molecule has 0 radical (unpaired) electrons. The summed E-state index contributed by atoms with van der Waals surface area (Å²) < 4.78 is 0. The van der Waals surface area contributed by atoms with Crippen LogP contribution in [0.25, 0.3) is 0 Å². The number of rotatable bonds is 15. The molecule has 0 amide bonds. The van der Waals surface area contributed by atoms with Crippen molar-refractivity contribution in [3.8, 4) is 0 Å². The number of aliphatic hydroxyl groups is 3. The Hall–Kier alpha value is -1.38. The van der Waals surface area contributed by atoms with Gasteiger partial charge in [-0.2, -0.15) is 0 Å². The van der Waals surface area contributed by atoms with Gasteiger partial charge in [-0.25, -0.2) is 4.79 Å². The predicted octanol–water partition coefficient (Wildman–Crippen LogP) is -12.9. The van der Waals surface area contributed by atoms with Gasteiger partial charge in [-0.3, -0.25) is 9.59 Å². The van der Waals surface area contributed by atoms with E-state index in [1.54, 1.807) is 0 Å². The molecule has 0 aromatic rings. The summed E-state index contributed by atoms with van der Waals surface area (Å²) in [7, 11) is 0. The zero-order chi connectivity index (χ0) is 31.9. The summed E-state index contributed by atoms with van der Waals surface area (Å²) in [5, 5.41) is 112. The molecule has 0 saturated carbocycles. The standard InChI is InChI=1S/3C6H8O7.Ca.Mg.Sr/c3*7-3(8)1-6(13,5(11)12)2-4(9)10;;;/h3*13H,1-2H2,(H,7,8)(H,9,10)(H,11,12);;;/q;;;3*+2/p-6. The number of carboxylic acids is 9. The van der Waals surface area contributed by atoms with Gasteiger partial charge in [0.25, 0.3) is 0 Å². The molecule has 222 valence electrons. The van der Waals surface area contributed by atoms with Crippen LogP contribution in [0.2, 0.25) is 0 Å². The van der Waals surface area contributed by atoms with E-state index < -0.39 is 109 Å². The molecule has 21 nitrogen and oxygen atoms in total. The Kier molecular flexibility index (Phi) is 30.4. The molecular formula is C18H18CaMgO21Sr. The second kappa shape index (κ2) is 24.0. The molecule has 0 unspecified atom stereocenters. The van der Waals surface area contributed by atoms with Crippen molar-refractivity contribution >= 4 is 160 Å². The summed E-state index contributed by atoms with van der Waals surface area (Å²) in [5.74, 6) is -17.0. The predicted molar refractivity (Wildman–Crippen MR) is 113 cm³/mol. The van der Waals surface area contributed by atoms with E-state index in [0.29, 0.717) is 0 Å². The summed E-state index contributed by atoms with van der Waals surface area (Å²) in [6, 6.07) is 0. The third-order valence-corrected chi connectivity index (χ3v) is 3.79. The van der Waals surface area contributed by atoms with E-state index in [-0.39, 0.29) is 106 Å². The maximum atomic E-state index is 10.3. The Morgan fingerprint density at radius 3 is 0.738 bits per heavy atom. The fourth-order valence-electron chi connectivity index (χ4n) is 2.08. The molecule has 42 heavy (non-hydrogen) atoms. The minimum atomic E-state index is -2.97. The van der Waals surface area contributed by atoms with Crippen LogP contribution in [-0.2, 0) is 43.2 Å². The average molecular weight is 722 g/mol. The number of carboxylic acid groups (broad SMARTS) is 9. The Balaban J connectivity index is -0.000000112. The van der Waals surface area contributed by atoms with Crippen molar-refractivity contribution in [3.05, 3.63) is 0 Å². The van der Waals surface area contributed by atoms with E-state index in [2.05, 4.69) is 0 Å². The number of carbonyl (C=O) groups is 9. The summed E-state index contributed by atoms with van der Waals surface area (Å²) in [4.78, 5) is 90.5. The molecule has 0 spiro atoms. The molecule has 0 aromatic heterocycles. The fraction of sp³-hybridized carbons (Fsp3) is 0.500. The van der Waals surface area contributed by atoms with Gasteiger partial charge in [0.2, 0.25) is 0 Å². The first kappa shape index (κ1) is 53.2. The molecular weight excluding hydrogens is 704 g/mol. The Labute approximate surface area is 316 Å². The van der Waals surface area contributed by atoms with Crippen LogP contribution in [0.5, 0.6) is 0 Å². The number of aliphatic carboxylic acids is 9. The Morgan fingerprint density at radius 2 is 0.643 bits per heavy atom. The maximum Gasteiger partial charge on any atom is 2.00 e. The first-order chi connectivity index (χ1) is 17.3. The summed E-state index contributed by atoms with van der Waals surface area (Å²) >= 11 is 0. The number of hydrogen-bond donors (Lipinski definition) is 6. The molecule has 0 atom stereocenters. The monoisotopic (exact) mass is 722 g/mol. The average Bonchev–Trinajstić information content (AvgIpc) is 2.64. The molecule has 0 fully saturated rings. The van der Waals surface area contributed by atoms with Gasteiger partial charge in [-0.05, 0) is 0 Å². The van der Waals surface area contributed by atoms with Crippen molar-refractivity contribution in [1.82, 2.24) is 0 Å². The minimum absolute atomic E-state index is 0. The molecule has 0 saturated heterocycles. The van der Waals surface area contributed by atoms with Crippen LogP contribution in [0.1, 0.15) is 38.5 Å². The quantitative estimate of drug-likeness (QED) is 0.0854. The maximum absolute atomic E-state index is 10.3. The van der Waals surface area contributed by atoms with Crippen LogP contribution < -0.4 is 30.6 Å². The van der Waals surface area contributed by atoms with E-state index in [4.69, 9.17) is 30.6 Å². The second-order valence-electron chi connectivity index (χ2n) is 7.31. The molecule has 0 aliphatic carbocycles. The van der Waals surface area contributed by atoms with E-state index in [9.17, 15) is 73.8 Å². The van der Waals surface area contributed by atoms with Gasteiger partial charge >= 0.3 is 124 Å². The smallest absolute Gasteiger partial charge is 0.550 e. The molecule has 6 N–H and O–H groups in total. The minimum Gasteiger partial charge on any atom is -0.550 e. The van der Waals surface area contributed by atoms with Crippen molar-refractivity contribution in [2.24, 2.45) is 0 Å². The summed E-state index contributed by atoms with van der Waals surface area (Å²) in [6.45, 7) is 0. The summed E-state index contributed by atoms with van der Waals surface area (Å²) in [5.41, 5.74) is -8.69. The van der Waals surface area contributed by atoms with E-state index in [1.165, 1.54) is 0 Å². The fourth-order valence-corrected chi connectivity index (χ4v) is 2.08. The first-order valence-corrected chi connectivity index (χ1v) is 9.40. The van der Waals surface area contributed by atoms with Gasteiger partial charge in [-0.15, -0.1) is 0 Å². The van der Waals surface area contributed by atoms with Crippen molar-refractivity contribution in [2.45, 2.75) is 55.3 Å². The third-order valence-electron chi connectivity index (χ3n) is 3.79. The van der Waals surface area contributed by atoms with Gasteiger partial charge in [0.1, 0.15) is 11.2 Å². The first-order valence-electron chi connectivity index (χ1n) is 9.40. The van der Waals surface area contributed by atoms with Crippen LogP contribution in [0, 0.1) is 0 Å². The van der Waals surface area contributed by atoms with Gasteiger partial charge in [-0.1, -0.05) is 0 Å². The molecule has 0 aromatic carbocycles. The van der Waals surface area contributed by atoms with Crippen LogP contribution in [0.15, 0.2) is 0 Å². The SMILES string of the molecule is O=C(O)CC(O)(CC(=O)O)C(=O)O.O=C([O-])CC(O)(CC(=O)[O-])C(=O)[O-].O=C([O-])CC(O)(CC(=O)[O-])C(=O)[O-].[Ca+2].[Mg+2].[Sr+2]. The normalized spacial score (nSPS) is 10.1. The van der Waals surface area contributed by atoms with Crippen molar-refractivity contribution in [1.29, 1.82) is 0 Å². The molecule has 0 aliphatic heterocycles. The largest absolute Gasteiger partial charge is 2.00 e. The molecule has 0 aliphatic rings. The molecule has 0 rings (SSSR count). The van der Waals surface area contributed by atoms with E-state index in [0.717, 1.165) is 0 Å². The Bertz CT molecular complexity index is 826.